The van der Waals surface area contributed by atoms with E-state index < -0.39 is 21.1 Å². The van der Waals surface area contributed by atoms with E-state index in [1.54, 1.807) is 6.92 Å². The summed E-state index contributed by atoms with van der Waals surface area (Å²) in [4.78, 5) is 10.5. The number of benzene rings is 1. The quantitative estimate of drug-likeness (QED) is 0.599. The van der Waals surface area contributed by atoms with Crippen molar-refractivity contribution in [2.24, 2.45) is 0 Å². The molecule has 1 heterocycles. The number of hydrogen-bond acceptors (Lipinski definition) is 6. The van der Waals surface area contributed by atoms with Crippen molar-refractivity contribution in [2.75, 3.05) is 25.0 Å². The van der Waals surface area contributed by atoms with Gasteiger partial charge < -0.3 is 10.4 Å². The number of nitrogens with one attached hydrogen (secondary N) is 1. The van der Waals surface area contributed by atoms with Gasteiger partial charge in [-0.05, 0) is 31.9 Å². The number of anilines is 1. The summed E-state index contributed by atoms with van der Waals surface area (Å²) in [6.45, 7) is 2.57. The third kappa shape index (κ3) is 4.18. The predicted molar refractivity (Wildman–Crippen MR) is 85.9 cm³/mol. The summed E-state index contributed by atoms with van der Waals surface area (Å²) in [5, 5.41) is 23.2. The third-order valence-corrected chi connectivity index (χ3v) is 5.60. The van der Waals surface area contributed by atoms with E-state index in [1.807, 2.05) is 0 Å². The minimum atomic E-state index is -3.71. The molecule has 1 aromatic rings. The normalized spacial score (nSPS) is 17.7. The Bertz CT molecular complexity index is 669. The molecule has 1 fully saturated rings. The fraction of sp³-hybridized carbons (Fsp3) is 0.571. The van der Waals surface area contributed by atoms with Crippen LogP contribution in [0.3, 0.4) is 0 Å². The SMILES string of the molecule is C[C@@H](O)CNc1ccc(S(=O)(=O)N2CCCCC2)cc1[N+](=O)[O-]. The molecule has 0 unspecified atom stereocenters. The first-order valence-electron chi connectivity index (χ1n) is 7.53. The number of aliphatic hydroxyl groups is 1. The van der Waals surface area contributed by atoms with Crippen LogP contribution in [0.1, 0.15) is 26.2 Å². The maximum absolute atomic E-state index is 12.6. The molecular weight excluding hydrogens is 322 g/mol. The molecule has 0 spiro atoms. The summed E-state index contributed by atoms with van der Waals surface area (Å²) in [5.41, 5.74) is -0.128. The van der Waals surface area contributed by atoms with E-state index in [9.17, 15) is 23.6 Å². The van der Waals surface area contributed by atoms with Gasteiger partial charge in [0.25, 0.3) is 5.69 Å². The van der Waals surface area contributed by atoms with E-state index >= 15 is 0 Å². The number of nitrogens with zero attached hydrogens (tertiary/aromatic N) is 2. The second-order valence-electron chi connectivity index (χ2n) is 5.63. The van der Waals surface area contributed by atoms with Crippen LogP contribution >= 0.6 is 0 Å². The first kappa shape index (κ1) is 17.6. The molecule has 1 aliphatic rings. The van der Waals surface area contributed by atoms with Crippen molar-refractivity contribution in [1.82, 2.24) is 4.31 Å². The van der Waals surface area contributed by atoms with Crippen LogP contribution in [0.25, 0.3) is 0 Å². The zero-order chi connectivity index (χ0) is 17.0. The Morgan fingerprint density at radius 3 is 2.57 bits per heavy atom. The first-order valence-corrected chi connectivity index (χ1v) is 8.97. The molecule has 0 saturated carbocycles. The Hall–Kier alpha value is -1.71. The molecule has 23 heavy (non-hydrogen) atoms. The number of aliphatic hydroxyl groups excluding tert-OH is 1. The highest BCUT2D eigenvalue weighted by molar-refractivity contribution is 7.89. The highest BCUT2D eigenvalue weighted by atomic mass is 32.2. The summed E-state index contributed by atoms with van der Waals surface area (Å²) in [7, 11) is -3.71. The molecule has 9 heteroatoms. The van der Waals surface area contributed by atoms with Crippen molar-refractivity contribution < 1.29 is 18.4 Å². The summed E-state index contributed by atoms with van der Waals surface area (Å²) >= 11 is 0. The number of hydrogen-bond donors (Lipinski definition) is 2. The fourth-order valence-corrected chi connectivity index (χ4v) is 4.02. The van der Waals surface area contributed by atoms with E-state index in [1.165, 1.54) is 16.4 Å². The van der Waals surface area contributed by atoms with Gasteiger partial charge in [0.2, 0.25) is 10.0 Å². The molecule has 0 aromatic heterocycles. The van der Waals surface area contributed by atoms with Crippen LogP contribution in [0.4, 0.5) is 11.4 Å². The summed E-state index contributed by atoms with van der Waals surface area (Å²) in [6, 6.07) is 3.81. The maximum Gasteiger partial charge on any atom is 0.293 e. The molecule has 0 radical (unpaired) electrons. The second kappa shape index (κ2) is 7.24. The maximum atomic E-state index is 12.6. The van der Waals surface area contributed by atoms with Gasteiger partial charge in [0.05, 0.1) is 15.9 Å². The molecule has 1 aromatic carbocycles. The number of nitro groups is 1. The van der Waals surface area contributed by atoms with Gasteiger partial charge in [-0.3, -0.25) is 10.1 Å². The topological polar surface area (TPSA) is 113 Å². The van der Waals surface area contributed by atoms with Crippen LogP contribution < -0.4 is 5.32 Å². The van der Waals surface area contributed by atoms with E-state index in [0.29, 0.717) is 13.1 Å². The molecule has 8 nitrogen and oxygen atoms in total. The van der Waals surface area contributed by atoms with Crippen LogP contribution in [0.5, 0.6) is 0 Å². The molecule has 0 aliphatic carbocycles. The highest BCUT2D eigenvalue weighted by Gasteiger charge is 2.28. The van der Waals surface area contributed by atoms with E-state index in [-0.39, 0.29) is 22.8 Å². The molecule has 1 saturated heterocycles. The van der Waals surface area contributed by atoms with Gasteiger partial charge in [0, 0.05) is 25.7 Å². The lowest BCUT2D eigenvalue weighted by Gasteiger charge is -2.25. The van der Waals surface area contributed by atoms with Gasteiger partial charge >= 0.3 is 0 Å². The van der Waals surface area contributed by atoms with Crippen molar-refractivity contribution >= 4 is 21.4 Å². The predicted octanol–water partition coefficient (Wildman–Crippen LogP) is 1.56. The monoisotopic (exact) mass is 343 g/mol. The van der Waals surface area contributed by atoms with Crippen LogP contribution in [-0.4, -0.2) is 48.5 Å². The zero-order valence-corrected chi connectivity index (χ0v) is 13.8. The van der Waals surface area contributed by atoms with Crippen molar-refractivity contribution in [3.63, 3.8) is 0 Å². The van der Waals surface area contributed by atoms with Gasteiger partial charge in [0.1, 0.15) is 5.69 Å². The Morgan fingerprint density at radius 1 is 1.35 bits per heavy atom. The van der Waals surface area contributed by atoms with E-state index in [4.69, 9.17) is 0 Å². The molecule has 0 bridgehead atoms. The Kier molecular flexibility index (Phi) is 5.55. The fourth-order valence-electron chi connectivity index (χ4n) is 2.48. The van der Waals surface area contributed by atoms with E-state index in [2.05, 4.69) is 5.32 Å². The Morgan fingerprint density at radius 2 is 2.00 bits per heavy atom. The van der Waals surface area contributed by atoms with Gasteiger partial charge in [0.15, 0.2) is 0 Å². The largest absolute Gasteiger partial charge is 0.392 e. The zero-order valence-electron chi connectivity index (χ0n) is 12.9. The number of nitro benzene ring substituents is 1. The van der Waals surface area contributed by atoms with Crippen molar-refractivity contribution in [3.8, 4) is 0 Å². The number of sulfonamides is 1. The average Bonchev–Trinajstić information content (AvgIpc) is 2.53. The first-order chi connectivity index (χ1) is 10.8. The number of piperidine rings is 1. The summed E-state index contributed by atoms with van der Waals surface area (Å²) in [6.07, 6.45) is 1.92. The van der Waals surface area contributed by atoms with Gasteiger partial charge in [-0.1, -0.05) is 6.42 Å². The van der Waals surface area contributed by atoms with Crippen molar-refractivity contribution in [2.45, 2.75) is 37.2 Å². The lowest BCUT2D eigenvalue weighted by atomic mass is 10.2. The summed E-state index contributed by atoms with van der Waals surface area (Å²) < 4.78 is 26.5. The standard InChI is InChI=1S/C14H21N3O5S/c1-11(18)10-15-13-6-5-12(9-14(13)17(19)20)23(21,22)16-7-3-2-4-8-16/h5-6,9,11,15,18H,2-4,7-8,10H2,1H3/t11-/m1/s1. The van der Waals surface area contributed by atoms with Gasteiger partial charge in [-0.2, -0.15) is 4.31 Å². The van der Waals surface area contributed by atoms with Gasteiger partial charge in [-0.15, -0.1) is 0 Å². The molecular formula is C14H21N3O5S. The lowest BCUT2D eigenvalue weighted by molar-refractivity contribution is -0.384. The lowest BCUT2D eigenvalue weighted by Crippen LogP contribution is -2.35. The highest BCUT2D eigenvalue weighted by Crippen LogP contribution is 2.29. The molecule has 0 amide bonds. The molecule has 1 atom stereocenters. The van der Waals surface area contributed by atoms with Gasteiger partial charge in [-0.25, -0.2) is 8.42 Å². The minimum absolute atomic E-state index is 0.0753. The summed E-state index contributed by atoms with van der Waals surface area (Å²) in [5.74, 6) is 0. The third-order valence-electron chi connectivity index (χ3n) is 3.71. The van der Waals surface area contributed by atoms with E-state index in [0.717, 1.165) is 25.3 Å². The van der Waals surface area contributed by atoms with Crippen molar-refractivity contribution in [3.05, 3.63) is 28.3 Å². The van der Waals surface area contributed by atoms with Crippen LogP contribution in [0, 0.1) is 10.1 Å². The second-order valence-corrected chi connectivity index (χ2v) is 7.57. The molecule has 128 valence electrons. The smallest absolute Gasteiger partial charge is 0.293 e. The van der Waals surface area contributed by atoms with Crippen molar-refractivity contribution in [1.29, 1.82) is 0 Å². The Balaban J connectivity index is 2.32. The molecule has 1 aliphatic heterocycles. The number of rotatable bonds is 6. The van der Waals surface area contributed by atoms with Crippen LogP contribution in [-0.2, 0) is 10.0 Å². The van der Waals surface area contributed by atoms with Crippen LogP contribution in [0.2, 0.25) is 0 Å². The molecule has 2 N–H and O–H groups in total. The molecule has 2 rings (SSSR count). The average molecular weight is 343 g/mol. The minimum Gasteiger partial charge on any atom is -0.392 e. The Labute approximate surface area is 135 Å². The van der Waals surface area contributed by atoms with Crippen LogP contribution in [0.15, 0.2) is 23.1 Å².